The van der Waals surface area contributed by atoms with Crippen LogP contribution < -0.4 is 0 Å². The standard InChI is InChI=1S/C16H19F3N2O2/c1-20(2)14(22)11-6-8-21(9-7-11)15(23)12-4-3-5-13(10-12)16(17,18)19/h3-5,10-11H,6-9H2,1-2H3. The number of likely N-dealkylation sites (tertiary alicyclic amines) is 1. The number of rotatable bonds is 2. The third-order valence-electron chi connectivity index (χ3n) is 4.01. The van der Waals surface area contributed by atoms with Crippen LogP contribution in [0.1, 0.15) is 28.8 Å². The number of alkyl halides is 3. The second-order valence-electron chi connectivity index (χ2n) is 5.88. The lowest BCUT2D eigenvalue weighted by Crippen LogP contribution is -2.42. The molecule has 0 aromatic heterocycles. The fraction of sp³-hybridized carbons (Fsp3) is 0.500. The highest BCUT2D eigenvalue weighted by Crippen LogP contribution is 2.30. The molecule has 1 heterocycles. The molecule has 2 rings (SSSR count). The van der Waals surface area contributed by atoms with Crippen molar-refractivity contribution in [2.24, 2.45) is 5.92 Å². The smallest absolute Gasteiger partial charge is 0.349 e. The molecule has 1 aliphatic heterocycles. The van der Waals surface area contributed by atoms with Crippen LogP contribution in [-0.4, -0.2) is 48.8 Å². The molecule has 4 nitrogen and oxygen atoms in total. The summed E-state index contributed by atoms with van der Waals surface area (Å²) in [6.07, 6.45) is -3.41. The van der Waals surface area contributed by atoms with Crippen molar-refractivity contribution in [2.45, 2.75) is 19.0 Å². The Hall–Kier alpha value is -2.05. The molecule has 1 saturated heterocycles. The number of halogens is 3. The molecule has 1 aromatic rings. The fourth-order valence-electron chi connectivity index (χ4n) is 2.71. The van der Waals surface area contributed by atoms with Crippen molar-refractivity contribution in [1.29, 1.82) is 0 Å². The number of hydrogen-bond acceptors (Lipinski definition) is 2. The minimum absolute atomic E-state index is 0.0242. The van der Waals surface area contributed by atoms with Gasteiger partial charge in [-0.3, -0.25) is 9.59 Å². The molecule has 0 bridgehead atoms. The van der Waals surface area contributed by atoms with E-state index in [0.29, 0.717) is 25.9 Å². The van der Waals surface area contributed by atoms with Crippen LogP contribution in [-0.2, 0) is 11.0 Å². The Bertz CT molecular complexity index is 591. The number of benzene rings is 1. The van der Waals surface area contributed by atoms with Gasteiger partial charge in [-0.25, -0.2) is 0 Å². The molecule has 0 N–H and O–H groups in total. The molecule has 126 valence electrons. The highest BCUT2D eigenvalue weighted by atomic mass is 19.4. The summed E-state index contributed by atoms with van der Waals surface area (Å²) in [6, 6.07) is 4.44. The van der Waals surface area contributed by atoms with Gasteiger partial charge in [-0.15, -0.1) is 0 Å². The van der Waals surface area contributed by atoms with E-state index in [9.17, 15) is 22.8 Å². The maximum absolute atomic E-state index is 12.7. The molecule has 1 aromatic carbocycles. The lowest BCUT2D eigenvalue weighted by atomic mass is 9.95. The highest BCUT2D eigenvalue weighted by molar-refractivity contribution is 5.94. The van der Waals surface area contributed by atoms with Crippen molar-refractivity contribution >= 4 is 11.8 Å². The SMILES string of the molecule is CN(C)C(=O)C1CCN(C(=O)c2cccc(C(F)(F)F)c2)CC1. The second kappa shape index (κ2) is 6.60. The van der Waals surface area contributed by atoms with Crippen LogP contribution in [0.25, 0.3) is 0 Å². The molecular formula is C16H19F3N2O2. The molecule has 0 saturated carbocycles. The highest BCUT2D eigenvalue weighted by Gasteiger charge is 2.32. The molecule has 1 aliphatic rings. The summed E-state index contributed by atoms with van der Waals surface area (Å²) in [5, 5.41) is 0. The molecule has 1 fully saturated rings. The molecule has 7 heteroatoms. The van der Waals surface area contributed by atoms with Gasteiger partial charge in [-0.2, -0.15) is 13.2 Å². The van der Waals surface area contributed by atoms with E-state index in [1.807, 2.05) is 0 Å². The lowest BCUT2D eigenvalue weighted by Gasteiger charge is -2.32. The first kappa shape index (κ1) is 17.3. The van der Waals surface area contributed by atoms with Crippen LogP contribution in [0.15, 0.2) is 24.3 Å². The Morgan fingerprint density at radius 2 is 1.78 bits per heavy atom. The first-order chi connectivity index (χ1) is 10.7. The zero-order valence-corrected chi connectivity index (χ0v) is 13.1. The number of amides is 2. The van der Waals surface area contributed by atoms with E-state index < -0.39 is 17.6 Å². The number of nitrogens with zero attached hydrogens (tertiary/aromatic N) is 2. The van der Waals surface area contributed by atoms with Gasteiger partial charge in [-0.05, 0) is 31.0 Å². The molecular weight excluding hydrogens is 309 g/mol. The summed E-state index contributed by atoms with van der Waals surface area (Å²) in [5.41, 5.74) is -0.807. The monoisotopic (exact) mass is 328 g/mol. The van der Waals surface area contributed by atoms with Gasteiger partial charge < -0.3 is 9.80 Å². The van der Waals surface area contributed by atoms with Crippen molar-refractivity contribution in [3.05, 3.63) is 35.4 Å². The van der Waals surface area contributed by atoms with Crippen molar-refractivity contribution < 1.29 is 22.8 Å². The van der Waals surface area contributed by atoms with E-state index in [1.165, 1.54) is 21.9 Å². The van der Waals surface area contributed by atoms with Crippen molar-refractivity contribution in [3.8, 4) is 0 Å². The average molecular weight is 328 g/mol. The van der Waals surface area contributed by atoms with Crippen LogP contribution in [0.5, 0.6) is 0 Å². The van der Waals surface area contributed by atoms with Crippen LogP contribution >= 0.6 is 0 Å². The van der Waals surface area contributed by atoms with Gasteiger partial charge in [0, 0.05) is 38.7 Å². The van der Waals surface area contributed by atoms with Crippen LogP contribution in [0.2, 0.25) is 0 Å². The van der Waals surface area contributed by atoms with Gasteiger partial charge in [0.25, 0.3) is 5.91 Å². The minimum atomic E-state index is -4.47. The van der Waals surface area contributed by atoms with Gasteiger partial charge in [0.2, 0.25) is 5.91 Å². The van der Waals surface area contributed by atoms with E-state index in [2.05, 4.69) is 0 Å². The summed E-state index contributed by atoms with van der Waals surface area (Å²) < 4.78 is 38.2. The van der Waals surface area contributed by atoms with Crippen molar-refractivity contribution in [3.63, 3.8) is 0 Å². The van der Waals surface area contributed by atoms with E-state index >= 15 is 0 Å². The summed E-state index contributed by atoms with van der Waals surface area (Å²) in [7, 11) is 3.37. The molecule has 2 amide bonds. The van der Waals surface area contributed by atoms with Crippen LogP contribution in [0.3, 0.4) is 0 Å². The zero-order chi connectivity index (χ0) is 17.2. The number of carbonyl (C=O) groups excluding carboxylic acids is 2. The number of piperidine rings is 1. The van der Waals surface area contributed by atoms with Gasteiger partial charge in [0.15, 0.2) is 0 Å². The Morgan fingerprint density at radius 1 is 1.17 bits per heavy atom. The van der Waals surface area contributed by atoms with Crippen LogP contribution in [0.4, 0.5) is 13.2 Å². The quantitative estimate of drug-likeness (QED) is 0.837. The first-order valence-corrected chi connectivity index (χ1v) is 7.38. The molecule has 0 aliphatic carbocycles. The zero-order valence-electron chi connectivity index (χ0n) is 13.1. The fourth-order valence-corrected chi connectivity index (χ4v) is 2.71. The lowest BCUT2D eigenvalue weighted by molar-refractivity contribution is -0.137. The summed E-state index contributed by atoms with van der Waals surface area (Å²) in [4.78, 5) is 27.3. The predicted molar refractivity (Wildman–Crippen MR) is 78.8 cm³/mol. The number of hydrogen-bond donors (Lipinski definition) is 0. The van der Waals surface area contributed by atoms with Gasteiger partial charge in [0.1, 0.15) is 0 Å². The minimum Gasteiger partial charge on any atom is -0.349 e. The maximum atomic E-state index is 12.7. The van der Waals surface area contributed by atoms with E-state index in [0.717, 1.165) is 12.1 Å². The third-order valence-corrected chi connectivity index (χ3v) is 4.01. The van der Waals surface area contributed by atoms with Gasteiger partial charge >= 0.3 is 6.18 Å². The Morgan fingerprint density at radius 3 is 2.30 bits per heavy atom. The topological polar surface area (TPSA) is 40.6 Å². The van der Waals surface area contributed by atoms with Crippen LogP contribution in [0, 0.1) is 5.92 Å². The summed E-state index contributed by atoms with van der Waals surface area (Å²) in [6.45, 7) is 0.749. The molecule has 23 heavy (non-hydrogen) atoms. The van der Waals surface area contributed by atoms with E-state index in [4.69, 9.17) is 0 Å². The average Bonchev–Trinajstić information content (AvgIpc) is 2.53. The normalized spacial score (nSPS) is 16.3. The Labute approximate surface area is 132 Å². The molecule has 0 spiro atoms. The summed E-state index contributed by atoms with van der Waals surface area (Å²) >= 11 is 0. The number of carbonyl (C=O) groups is 2. The van der Waals surface area contributed by atoms with Gasteiger partial charge in [-0.1, -0.05) is 6.07 Å². The summed E-state index contributed by atoms with van der Waals surface area (Å²) in [5.74, 6) is -0.529. The molecule has 0 radical (unpaired) electrons. The Kier molecular flexibility index (Phi) is 4.97. The van der Waals surface area contributed by atoms with E-state index in [1.54, 1.807) is 14.1 Å². The van der Waals surface area contributed by atoms with Gasteiger partial charge in [0.05, 0.1) is 5.56 Å². The maximum Gasteiger partial charge on any atom is 0.416 e. The van der Waals surface area contributed by atoms with Crippen molar-refractivity contribution in [1.82, 2.24) is 9.80 Å². The largest absolute Gasteiger partial charge is 0.416 e. The molecule has 0 atom stereocenters. The Balaban J connectivity index is 2.04. The third kappa shape index (κ3) is 4.03. The van der Waals surface area contributed by atoms with Crippen molar-refractivity contribution in [2.75, 3.05) is 27.2 Å². The first-order valence-electron chi connectivity index (χ1n) is 7.38. The van der Waals surface area contributed by atoms with E-state index in [-0.39, 0.29) is 17.4 Å². The predicted octanol–water partition coefficient (Wildman–Crippen LogP) is 2.65. The second-order valence-corrected chi connectivity index (χ2v) is 5.88. The molecule has 0 unspecified atom stereocenters.